The normalized spacial score (nSPS) is 10.5. The molecule has 0 atom stereocenters. The molecule has 6 heteroatoms. The van der Waals surface area contributed by atoms with E-state index in [4.69, 9.17) is 9.26 Å². The van der Waals surface area contributed by atoms with Crippen LogP contribution in [0.15, 0.2) is 65.2 Å². The van der Waals surface area contributed by atoms with Crippen molar-refractivity contribution in [1.29, 1.82) is 0 Å². The topological polar surface area (TPSA) is 81.4 Å². The molecule has 0 aliphatic heterocycles. The molecule has 0 bridgehead atoms. The molecule has 1 amide bonds. The lowest BCUT2D eigenvalue weighted by Crippen LogP contribution is -2.14. The van der Waals surface area contributed by atoms with Crippen molar-refractivity contribution < 1.29 is 18.8 Å². The fourth-order valence-electron chi connectivity index (χ4n) is 2.59. The Bertz CT molecular complexity index is 917. The average Bonchev–Trinajstić information content (AvgIpc) is 3.17. The lowest BCUT2D eigenvalue weighted by molar-refractivity contribution is -0.115. The number of unbranched alkanes of at least 4 members (excludes halogenated alkanes) is 1. The average molecular weight is 378 g/mol. The van der Waals surface area contributed by atoms with Crippen LogP contribution in [-0.2, 0) is 16.0 Å². The van der Waals surface area contributed by atoms with Crippen LogP contribution in [0, 0.1) is 0 Å². The van der Waals surface area contributed by atoms with Crippen molar-refractivity contribution in [2.75, 3.05) is 11.9 Å². The number of amides is 1. The van der Waals surface area contributed by atoms with Gasteiger partial charge in [-0.05, 0) is 30.7 Å². The Morgan fingerprint density at radius 3 is 2.54 bits per heavy atom. The van der Waals surface area contributed by atoms with Crippen LogP contribution in [0.3, 0.4) is 0 Å². The molecule has 28 heavy (non-hydrogen) atoms. The van der Waals surface area contributed by atoms with Gasteiger partial charge in [-0.1, -0.05) is 48.8 Å². The molecule has 0 unspecified atom stereocenters. The molecule has 3 rings (SSSR count). The monoisotopic (exact) mass is 378 g/mol. The van der Waals surface area contributed by atoms with E-state index in [-0.39, 0.29) is 18.3 Å². The van der Waals surface area contributed by atoms with Crippen LogP contribution in [0.25, 0.3) is 11.3 Å². The molecular weight excluding hydrogens is 356 g/mol. The Labute approximate surface area is 163 Å². The molecule has 0 fully saturated rings. The van der Waals surface area contributed by atoms with E-state index < -0.39 is 0 Å². The van der Waals surface area contributed by atoms with Crippen LogP contribution in [-0.4, -0.2) is 23.6 Å². The van der Waals surface area contributed by atoms with E-state index in [0.717, 1.165) is 18.4 Å². The van der Waals surface area contributed by atoms with Gasteiger partial charge in [0, 0.05) is 17.3 Å². The van der Waals surface area contributed by atoms with Gasteiger partial charge in [-0.15, -0.1) is 0 Å². The Morgan fingerprint density at radius 2 is 1.82 bits per heavy atom. The van der Waals surface area contributed by atoms with Gasteiger partial charge in [0.15, 0.2) is 5.76 Å². The highest BCUT2D eigenvalue weighted by Crippen LogP contribution is 2.20. The molecule has 1 N–H and O–H groups in total. The fraction of sp³-hybridized carbons (Fsp3) is 0.227. The van der Waals surface area contributed by atoms with Crippen LogP contribution in [0.2, 0.25) is 0 Å². The van der Waals surface area contributed by atoms with E-state index >= 15 is 0 Å². The zero-order valence-electron chi connectivity index (χ0n) is 15.7. The fourth-order valence-corrected chi connectivity index (χ4v) is 2.59. The number of rotatable bonds is 8. The molecule has 2 aromatic carbocycles. The van der Waals surface area contributed by atoms with Crippen molar-refractivity contribution >= 4 is 17.6 Å². The summed E-state index contributed by atoms with van der Waals surface area (Å²) in [6.45, 7) is 2.45. The number of benzene rings is 2. The van der Waals surface area contributed by atoms with Crippen molar-refractivity contribution in [2.24, 2.45) is 0 Å². The van der Waals surface area contributed by atoms with Gasteiger partial charge in [-0.2, -0.15) is 0 Å². The Morgan fingerprint density at radius 1 is 1.07 bits per heavy atom. The highest BCUT2D eigenvalue weighted by molar-refractivity contribution is 5.93. The van der Waals surface area contributed by atoms with Crippen LogP contribution in [0.4, 0.5) is 5.69 Å². The molecular formula is C22H22N2O4. The van der Waals surface area contributed by atoms with Crippen molar-refractivity contribution in [2.45, 2.75) is 26.2 Å². The molecule has 144 valence electrons. The molecule has 1 aromatic heterocycles. The van der Waals surface area contributed by atoms with E-state index in [9.17, 15) is 9.59 Å². The summed E-state index contributed by atoms with van der Waals surface area (Å²) in [6.07, 6.45) is 1.90. The van der Waals surface area contributed by atoms with Crippen LogP contribution < -0.4 is 5.32 Å². The number of hydrogen-bond acceptors (Lipinski definition) is 5. The molecule has 1 heterocycles. The van der Waals surface area contributed by atoms with Gasteiger partial charge in [-0.25, -0.2) is 4.79 Å². The first kappa shape index (κ1) is 19.4. The molecule has 3 aromatic rings. The third-order valence-electron chi connectivity index (χ3n) is 4.09. The molecule has 0 saturated carbocycles. The lowest BCUT2D eigenvalue weighted by Gasteiger charge is -2.06. The third-order valence-corrected chi connectivity index (χ3v) is 4.09. The molecule has 0 saturated heterocycles. The number of anilines is 1. The predicted molar refractivity (Wildman–Crippen MR) is 106 cm³/mol. The zero-order chi connectivity index (χ0) is 19.8. The predicted octanol–water partition coefficient (Wildman–Crippen LogP) is 4.48. The van der Waals surface area contributed by atoms with Gasteiger partial charge >= 0.3 is 5.97 Å². The van der Waals surface area contributed by atoms with Gasteiger partial charge in [0.1, 0.15) is 0 Å². The van der Waals surface area contributed by atoms with Crippen molar-refractivity contribution in [3.05, 3.63) is 71.9 Å². The summed E-state index contributed by atoms with van der Waals surface area (Å²) in [7, 11) is 0. The Balaban J connectivity index is 1.54. The van der Waals surface area contributed by atoms with E-state index in [1.807, 2.05) is 37.3 Å². The van der Waals surface area contributed by atoms with E-state index in [1.54, 1.807) is 30.3 Å². The third kappa shape index (κ3) is 5.30. The quantitative estimate of drug-likeness (QED) is 0.462. The minimum Gasteiger partial charge on any atom is -0.462 e. The van der Waals surface area contributed by atoms with Crippen LogP contribution in [0.5, 0.6) is 0 Å². The van der Waals surface area contributed by atoms with E-state index in [0.29, 0.717) is 29.3 Å². The Kier molecular flexibility index (Phi) is 6.57. The Hall–Kier alpha value is -3.41. The number of carbonyl (C=O) groups is 2. The van der Waals surface area contributed by atoms with E-state index in [2.05, 4.69) is 10.5 Å². The first-order valence-electron chi connectivity index (χ1n) is 9.23. The van der Waals surface area contributed by atoms with Crippen LogP contribution >= 0.6 is 0 Å². The summed E-state index contributed by atoms with van der Waals surface area (Å²) in [5.41, 5.74) is 2.51. The smallest absolute Gasteiger partial charge is 0.338 e. The SMILES string of the molecule is CCCCOC(=O)c1ccc(NC(=O)Cc2cc(-c3ccccc3)on2)cc1. The summed E-state index contributed by atoms with van der Waals surface area (Å²) in [6, 6.07) is 17.9. The van der Waals surface area contributed by atoms with Gasteiger partial charge in [0.05, 0.1) is 24.3 Å². The maximum Gasteiger partial charge on any atom is 0.338 e. The van der Waals surface area contributed by atoms with Crippen molar-refractivity contribution in [3.63, 3.8) is 0 Å². The highest BCUT2D eigenvalue weighted by Gasteiger charge is 2.12. The summed E-state index contributed by atoms with van der Waals surface area (Å²) in [5.74, 6) is 0.0443. The second-order valence-electron chi connectivity index (χ2n) is 6.34. The van der Waals surface area contributed by atoms with E-state index in [1.165, 1.54) is 0 Å². The second-order valence-corrected chi connectivity index (χ2v) is 6.34. The number of carbonyl (C=O) groups excluding carboxylic acids is 2. The summed E-state index contributed by atoms with van der Waals surface area (Å²) in [4.78, 5) is 24.1. The number of nitrogens with one attached hydrogen (secondary N) is 1. The maximum atomic E-state index is 12.2. The number of hydrogen-bond donors (Lipinski definition) is 1. The van der Waals surface area contributed by atoms with Gasteiger partial charge in [0.2, 0.25) is 5.91 Å². The van der Waals surface area contributed by atoms with Gasteiger partial charge in [0.25, 0.3) is 0 Å². The minimum atomic E-state index is -0.359. The highest BCUT2D eigenvalue weighted by atomic mass is 16.5. The van der Waals surface area contributed by atoms with Crippen molar-refractivity contribution in [3.8, 4) is 11.3 Å². The molecule has 6 nitrogen and oxygen atoms in total. The largest absolute Gasteiger partial charge is 0.462 e. The standard InChI is InChI=1S/C22H22N2O4/c1-2-3-13-27-22(26)17-9-11-18(12-10-17)23-21(25)15-19-14-20(28-24-19)16-7-5-4-6-8-16/h4-12,14H,2-3,13,15H2,1H3,(H,23,25). The van der Waals surface area contributed by atoms with Crippen molar-refractivity contribution in [1.82, 2.24) is 5.16 Å². The van der Waals surface area contributed by atoms with Gasteiger partial charge in [-0.3, -0.25) is 4.79 Å². The first-order valence-corrected chi connectivity index (χ1v) is 9.23. The molecule has 0 radical (unpaired) electrons. The van der Waals surface area contributed by atoms with Gasteiger partial charge < -0.3 is 14.6 Å². The first-order chi connectivity index (χ1) is 13.7. The minimum absolute atomic E-state index is 0.0944. The molecule has 0 aliphatic rings. The zero-order valence-corrected chi connectivity index (χ0v) is 15.7. The lowest BCUT2D eigenvalue weighted by atomic mass is 10.1. The number of ether oxygens (including phenoxy) is 1. The summed E-state index contributed by atoms with van der Waals surface area (Å²) >= 11 is 0. The molecule has 0 spiro atoms. The molecule has 0 aliphatic carbocycles. The summed E-state index contributed by atoms with van der Waals surface area (Å²) in [5, 5.41) is 6.74. The number of aromatic nitrogens is 1. The summed E-state index contributed by atoms with van der Waals surface area (Å²) < 4.78 is 10.5. The number of nitrogens with zero attached hydrogens (tertiary/aromatic N) is 1. The van der Waals surface area contributed by atoms with Crippen LogP contribution in [0.1, 0.15) is 35.8 Å². The number of esters is 1. The second kappa shape index (κ2) is 9.50. The maximum absolute atomic E-state index is 12.2.